The number of carbonyl (C=O) groups is 1. The molecule has 7 heteroatoms. The van der Waals surface area contributed by atoms with Crippen molar-refractivity contribution in [2.75, 3.05) is 24.7 Å². The number of amides is 1. The van der Waals surface area contributed by atoms with E-state index in [0.29, 0.717) is 37.0 Å². The fourth-order valence-electron chi connectivity index (χ4n) is 2.86. The van der Waals surface area contributed by atoms with Crippen molar-refractivity contribution in [2.45, 2.75) is 6.54 Å². The summed E-state index contributed by atoms with van der Waals surface area (Å²) in [7, 11) is 0. The number of nitrogens with zero attached hydrogens (tertiary/aromatic N) is 1. The van der Waals surface area contributed by atoms with Crippen LogP contribution in [0.4, 0.5) is 5.69 Å². The Hall–Kier alpha value is -2.51. The van der Waals surface area contributed by atoms with E-state index in [9.17, 15) is 4.79 Å². The molecule has 0 atom stereocenters. The van der Waals surface area contributed by atoms with Gasteiger partial charge in [-0.1, -0.05) is 18.2 Å². The Morgan fingerprint density at radius 2 is 1.89 bits per heavy atom. The number of thiophene rings is 1. The quantitative estimate of drug-likeness (QED) is 0.526. The standard InChI is InChI=1S/C21H18BrNO4S/c22-17-5-1-2-6-18(17)27-14-21(24)23(13-16-4-3-11-28-16)15-7-8-19-20(12-15)26-10-9-25-19/h1-8,11-12H,9-10,13-14H2. The first-order chi connectivity index (χ1) is 13.7. The SMILES string of the molecule is O=C(COc1ccccc1Br)N(Cc1cccs1)c1ccc2c(c1)OCCO2. The van der Waals surface area contributed by atoms with Gasteiger partial charge in [0.05, 0.1) is 11.0 Å². The molecule has 0 fully saturated rings. The fraction of sp³-hybridized carbons (Fsp3) is 0.190. The summed E-state index contributed by atoms with van der Waals surface area (Å²) < 4.78 is 17.8. The smallest absolute Gasteiger partial charge is 0.265 e. The molecule has 1 aromatic heterocycles. The molecule has 3 aromatic rings. The van der Waals surface area contributed by atoms with Crippen LogP contribution in [0.5, 0.6) is 17.2 Å². The van der Waals surface area contributed by atoms with Gasteiger partial charge in [-0.2, -0.15) is 0 Å². The summed E-state index contributed by atoms with van der Waals surface area (Å²) in [5.41, 5.74) is 0.748. The largest absolute Gasteiger partial charge is 0.486 e. The average Bonchev–Trinajstić information content (AvgIpc) is 3.24. The van der Waals surface area contributed by atoms with Crippen molar-refractivity contribution in [1.82, 2.24) is 0 Å². The normalized spacial score (nSPS) is 12.5. The van der Waals surface area contributed by atoms with E-state index in [1.54, 1.807) is 16.2 Å². The lowest BCUT2D eigenvalue weighted by Gasteiger charge is -2.25. The molecule has 144 valence electrons. The number of benzene rings is 2. The van der Waals surface area contributed by atoms with Gasteiger partial charge in [0.1, 0.15) is 19.0 Å². The van der Waals surface area contributed by atoms with Crippen LogP contribution in [0.15, 0.2) is 64.5 Å². The minimum absolute atomic E-state index is 0.0670. The van der Waals surface area contributed by atoms with Gasteiger partial charge in [-0.05, 0) is 51.6 Å². The van der Waals surface area contributed by atoms with Gasteiger partial charge in [0.15, 0.2) is 18.1 Å². The Kier molecular flexibility index (Phi) is 5.83. The van der Waals surface area contributed by atoms with Crippen LogP contribution >= 0.6 is 27.3 Å². The minimum Gasteiger partial charge on any atom is -0.486 e. The molecule has 0 N–H and O–H groups in total. The highest BCUT2D eigenvalue weighted by atomic mass is 79.9. The second-order valence-corrected chi connectivity index (χ2v) is 7.99. The van der Waals surface area contributed by atoms with Crippen molar-refractivity contribution in [2.24, 2.45) is 0 Å². The van der Waals surface area contributed by atoms with Gasteiger partial charge < -0.3 is 19.1 Å². The monoisotopic (exact) mass is 459 g/mol. The maximum absolute atomic E-state index is 13.0. The van der Waals surface area contributed by atoms with Gasteiger partial charge in [0, 0.05) is 16.6 Å². The summed E-state index contributed by atoms with van der Waals surface area (Å²) in [6.45, 7) is 1.43. The summed E-state index contributed by atoms with van der Waals surface area (Å²) in [5, 5.41) is 2.00. The zero-order valence-electron chi connectivity index (χ0n) is 15.0. The third-order valence-electron chi connectivity index (χ3n) is 4.22. The highest BCUT2D eigenvalue weighted by Gasteiger charge is 2.21. The molecule has 2 aromatic carbocycles. The molecule has 1 aliphatic heterocycles. The third kappa shape index (κ3) is 4.31. The summed E-state index contributed by atoms with van der Waals surface area (Å²) in [4.78, 5) is 15.8. The molecule has 0 saturated carbocycles. The van der Waals surface area contributed by atoms with Crippen LogP contribution in [-0.4, -0.2) is 25.7 Å². The number of hydrogen-bond donors (Lipinski definition) is 0. The molecule has 0 unspecified atom stereocenters. The van der Waals surface area contributed by atoms with Crippen molar-refractivity contribution in [3.05, 3.63) is 69.3 Å². The maximum atomic E-state index is 13.0. The van der Waals surface area contributed by atoms with E-state index in [4.69, 9.17) is 14.2 Å². The average molecular weight is 460 g/mol. The Bertz CT molecular complexity index is 961. The third-order valence-corrected chi connectivity index (χ3v) is 5.74. The Balaban J connectivity index is 1.56. The predicted molar refractivity (Wildman–Crippen MR) is 113 cm³/mol. The van der Waals surface area contributed by atoms with Crippen LogP contribution in [-0.2, 0) is 11.3 Å². The molecular formula is C21H18BrNO4S. The minimum atomic E-state index is -0.138. The number of rotatable bonds is 6. The van der Waals surface area contributed by atoms with Crippen LogP contribution in [0.25, 0.3) is 0 Å². The summed E-state index contributed by atoms with van der Waals surface area (Å²) in [5.74, 6) is 1.84. The number of ether oxygens (including phenoxy) is 3. The molecule has 0 bridgehead atoms. The second-order valence-electron chi connectivity index (χ2n) is 6.11. The number of halogens is 1. The van der Waals surface area contributed by atoms with E-state index >= 15 is 0 Å². The van der Waals surface area contributed by atoms with E-state index in [0.717, 1.165) is 15.0 Å². The molecular weight excluding hydrogens is 442 g/mol. The topological polar surface area (TPSA) is 48.0 Å². The molecule has 4 rings (SSSR count). The van der Waals surface area contributed by atoms with Crippen molar-refractivity contribution in [1.29, 1.82) is 0 Å². The van der Waals surface area contributed by atoms with E-state index in [2.05, 4.69) is 15.9 Å². The summed E-state index contributed by atoms with van der Waals surface area (Å²) in [6.07, 6.45) is 0. The maximum Gasteiger partial charge on any atom is 0.265 e. The van der Waals surface area contributed by atoms with E-state index in [-0.39, 0.29) is 12.5 Å². The van der Waals surface area contributed by atoms with Gasteiger partial charge in [0.2, 0.25) is 0 Å². The lowest BCUT2D eigenvalue weighted by atomic mass is 10.2. The molecule has 0 spiro atoms. The number of para-hydroxylation sites is 1. The Labute approximate surface area is 175 Å². The predicted octanol–water partition coefficient (Wildman–Crippen LogP) is 4.89. The van der Waals surface area contributed by atoms with E-state index in [1.807, 2.05) is 60.0 Å². The first kappa shape index (κ1) is 18.8. The Morgan fingerprint density at radius 1 is 1.07 bits per heavy atom. The Morgan fingerprint density at radius 3 is 2.68 bits per heavy atom. The first-order valence-electron chi connectivity index (χ1n) is 8.80. The molecule has 2 heterocycles. The zero-order valence-corrected chi connectivity index (χ0v) is 17.4. The van der Waals surface area contributed by atoms with Crippen LogP contribution in [0.2, 0.25) is 0 Å². The lowest BCUT2D eigenvalue weighted by molar-refractivity contribution is -0.120. The van der Waals surface area contributed by atoms with Gasteiger partial charge in [-0.3, -0.25) is 4.79 Å². The van der Waals surface area contributed by atoms with E-state index in [1.165, 1.54) is 0 Å². The van der Waals surface area contributed by atoms with Crippen molar-refractivity contribution < 1.29 is 19.0 Å². The first-order valence-corrected chi connectivity index (χ1v) is 10.5. The number of carbonyl (C=O) groups excluding carboxylic acids is 1. The zero-order chi connectivity index (χ0) is 19.3. The number of fused-ring (bicyclic) bond motifs is 1. The van der Waals surface area contributed by atoms with Crippen LogP contribution in [0.1, 0.15) is 4.88 Å². The molecule has 1 aliphatic rings. The molecule has 0 aliphatic carbocycles. The van der Waals surface area contributed by atoms with Gasteiger partial charge in [-0.15, -0.1) is 11.3 Å². The molecule has 0 saturated heterocycles. The fourth-order valence-corrected chi connectivity index (χ4v) is 3.95. The summed E-state index contributed by atoms with van der Waals surface area (Å²) >= 11 is 5.05. The molecule has 0 radical (unpaired) electrons. The second kappa shape index (κ2) is 8.67. The molecule has 1 amide bonds. The van der Waals surface area contributed by atoms with Gasteiger partial charge in [0.25, 0.3) is 5.91 Å². The van der Waals surface area contributed by atoms with Crippen molar-refractivity contribution in [3.8, 4) is 17.2 Å². The molecule has 28 heavy (non-hydrogen) atoms. The summed E-state index contributed by atoms with van der Waals surface area (Å²) in [6, 6.07) is 17.0. The van der Waals surface area contributed by atoms with Gasteiger partial charge in [-0.25, -0.2) is 0 Å². The van der Waals surface area contributed by atoms with Crippen molar-refractivity contribution in [3.63, 3.8) is 0 Å². The lowest BCUT2D eigenvalue weighted by Crippen LogP contribution is -2.34. The van der Waals surface area contributed by atoms with Crippen LogP contribution in [0, 0.1) is 0 Å². The number of anilines is 1. The molecule has 5 nitrogen and oxygen atoms in total. The van der Waals surface area contributed by atoms with Crippen molar-refractivity contribution >= 4 is 38.9 Å². The highest BCUT2D eigenvalue weighted by Crippen LogP contribution is 2.35. The van der Waals surface area contributed by atoms with Gasteiger partial charge >= 0.3 is 0 Å². The highest BCUT2D eigenvalue weighted by molar-refractivity contribution is 9.10. The van der Waals surface area contributed by atoms with Crippen LogP contribution < -0.4 is 19.1 Å². The van der Waals surface area contributed by atoms with E-state index < -0.39 is 0 Å². The van der Waals surface area contributed by atoms with Crippen LogP contribution in [0.3, 0.4) is 0 Å². The number of hydrogen-bond acceptors (Lipinski definition) is 5.